The highest BCUT2D eigenvalue weighted by Crippen LogP contribution is 2.23. The van der Waals surface area contributed by atoms with Gasteiger partial charge in [-0.3, -0.25) is 0 Å². The second-order valence-electron chi connectivity index (χ2n) is 4.65. The van der Waals surface area contributed by atoms with Crippen molar-refractivity contribution in [3.8, 4) is 0 Å². The minimum Gasteiger partial charge on any atom is -0.377 e. The molecule has 0 bridgehead atoms. The van der Waals surface area contributed by atoms with Crippen molar-refractivity contribution in [1.29, 1.82) is 0 Å². The monoisotopic (exact) mass is 252 g/mol. The average Bonchev–Trinajstić information content (AvgIpc) is 2.39. The van der Waals surface area contributed by atoms with E-state index in [0.29, 0.717) is 5.56 Å². The van der Waals surface area contributed by atoms with Crippen molar-refractivity contribution in [2.24, 2.45) is 5.73 Å². The van der Waals surface area contributed by atoms with Crippen LogP contribution in [0.15, 0.2) is 18.2 Å². The summed E-state index contributed by atoms with van der Waals surface area (Å²) < 4.78 is 19.4. The van der Waals surface area contributed by atoms with Gasteiger partial charge in [0.2, 0.25) is 0 Å². The molecule has 1 heterocycles. The molecule has 0 spiro atoms. The Morgan fingerprint density at radius 1 is 1.50 bits per heavy atom. The van der Waals surface area contributed by atoms with Gasteiger partial charge in [-0.05, 0) is 31.9 Å². The third-order valence-electron chi connectivity index (χ3n) is 3.40. The van der Waals surface area contributed by atoms with Crippen LogP contribution in [0.5, 0.6) is 0 Å². The lowest BCUT2D eigenvalue weighted by atomic mass is 10.1. The Morgan fingerprint density at radius 2 is 2.33 bits per heavy atom. The van der Waals surface area contributed by atoms with E-state index in [2.05, 4.69) is 4.90 Å². The number of piperidine rings is 1. The molecule has 2 rings (SSSR count). The SMILES string of the molecule is CCOC1CCCN(c2ccc(CN)c(F)c2)C1. The van der Waals surface area contributed by atoms with E-state index in [9.17, 15) is 4.39 Å². The largest absolute Gasteiger partial charge is 0.377 e. The van der Waals surface area contributed by atoms with Crippen molar-refractivity contribution in [3.63, 3.8) is 0 Å². The predicted octanol–water partition coefficient (Wildman–Crippen LogP) is 2.29. The maximum absolute atomic E-state index is 13.7. The summed E-state index contributed by atoms with van der Waals surface area (Å²) in [5.41, 5.74) is 6.96. The summed E-state index contributed by atoms with van der Waals surface area (Å²) in [6.45, 7) is 4.79. The van der Waals surface area contributed by atoms with E-state index in [4.69, 9.17) is 10.5 Å². The molecule has 0 saturated carbocycles. The highest BCUT2D eigenvalue weighted by Gasteiger charge is 2.20. The predicted molar refractivity (Wildman–Crippen MR) is 71.2 cm³/mol. The Hall–Kier alpha value is -1.13. The lowest BCUT2D eigenvalue weighted by molar-refractivity contribution is 0.0526. The van der Waals surface area contributed by atoms with Gasteiger partial charge in [0.15, 0.2) is 0 Å². The molecular weight excluding hydrogens is 231 g/mol. The number of anilines is 1. The first-order valence-electron chi connectivity index (χ1n) is 6.59. The zero-order chi connectivity index (χ0) is 13.0. The Bertz CT molecular complexity index is 395. The normalized spacial score (nSPS) is 20.2. The molecule has 2 N–H and O–H groups in total. The molecule has 1 aromatic rings. The van der Waals surface area contributed by atoms with E-state index >= 15 is 0 Å². The third-order valence-corrected chi connectivity index (χ3v) is 3.40. The molecular formula is C14H21FN2O. The van der Waals surface area contributed by atoms with Gasteiger partial charge in [-0.2, -0.15) is 0 Å². The molecule has 1 unspecified atom stereocenters. The molecule has 0 amide bonds. The third kappa shape index (κ3) is 3.00. The highest BCUT2D eigenvalue weighted by molar-refractivity contribution is 5.48. The Kier molecular flexibility index (Phi) is 4.55. The van der Waals surface area contributed by atoms with Crippen LogP contribution in [-0.4, -0.2) is 25.8 Å². The zero-order valence-electron chi connectivity index (χ0n) is 10.9. The Balaban J connectivity index is 2.08. The molecule has 1 fully saturated rings. The molecule has 4 heteroatoms. The van der Waals surface area contributed by atoms with Gasteiger partial charge in [-0.15, -0.1) is 0 Å². The summed E-state index contributed by atoms with van der Waals surface area (Å²) in [5.74, 6) is -0.214. The fourth-order valence-corrected chi connectivity index (χ4v) is 2.44. The topological polar surface area (TPSA) is 38.5 Å². The molecule has 3 nitrogen and oxygen atoms in total. The molecule has 1 aliphatic rings. The van der Waals surface area contributed by atoms with Crippen molar-refractivity contribution in [3.05, 3.63) is 29.6 Å². The summed E-state index contributed by atoms with van der Waals surface area (Å²) in [5, 5.41) is 0. The number of rotatable bonds is 4. The van der Waals surface area contributed by atoms with Crippen molar-refractivity contribution in [2.45, 2.75) is 32.4 Å². The van der Waals surface area contributed by atoms with Crippen LogP contribution >= 0.6 is 0 Å². The molecule has 1 aromatic carbocycles. The minimum atomic E-state index is -0.214. The smallest absolute Gasteiger partial charge is 0.129 e. The summed E-state index contributed by atoms with van der Waals surface area (Å²) in [7, 11) is 0. The lowest BCUT2D eigenvalue weighted by Gasteiger charge is -2.34. The van der Waals surface area contributed by atoms with Crippen LogP contribution in [0, 0.1) is 5.82 Å². The fourth-order valence-electron chi connectivity index (χ4n) is 2.44. The van der Waals surface area contributed by atoms with Crippen molar-refractivity contribution < 1.29 is 9.13 Å². The summed E-state index contributed by atoms with van der Waals surface area (Å²) >= 11 is 0. The number of hydrogen-bond donors (Lipinski definition) is 1. The standard InChI is InChI=1S/C14H21FN2O/c1-2-18-13-4-3-7-17(10-13)12-6-5-11(9-16)14(15)8-12/h5-6,8,13H,2-4,7,9-10,16H2,1H3. The summed E-state index contributed by atoms with van der Waals surface area (Å²) in [6.07, 6.45) is 2.44. The van der Waals surface area contributed by atoms with E-state index in [1.54, 1.807) is 12.1 Å². The van der Waals surface area contributed by atoms with E-state index in [0.717, 1.165) is 38.2 Å². The number of hydrogen-bond acceptors (Lipinski definition) is 3. The lowest BCUT2D eigenvalue weighted by Crippen LogP contribution is -2.39. The van der Waals surface area contributed by atoms with Crippen molar-refractivity contribution >= 4 is 5.69 Å². The number of halogens is 1. The number of benzene rings is 1. The highest BCUT2D eigenvalue weighted by atomic mass is 19.1. The van der Waals surface area contributed by atoms with Gasteiger partial charge >= 0.3 is 0 Å². The fraction of sp³-hybridized carbons (Fsp3) is 0.571. The van der Waals surface area contributed by atoms with Crippen LogP contribution in [0.2, 0.25) is 0 Å². The molecule has 18 heavy (non-hydrogen) atoms. The van der Waals surface area contributed by atoms with Gasteiger partial charge in [0.1, 0.15) is 5.82 Å². The molecule has 1 saturated heterocycles. The average molecular weight is 252 g/mol. The summed E-state index contributed by atoms with van der Waals surface area (Å²) in [6, 6.07) is 5.30. The van der Waals surface area contributed by atoms with Crippen LogP contribution in [0.1, 0.15) is 25.3 Å². The maximum atomic E-state index is 13.7. The Morgan fingerprint density at radius 3 is 3.00 bits per heavy atom. The van der Waals surface area contributed by atoms with Gasteiger partial charge in [0.05, 0.1) is 6.10 Å². The molecule has 1 aliphatic heterocycles. The Labute approximate surface area is 108 Å². The second kappa shape index (κ2) is 6.16. The van der Waals surface area contributed by atoms with E-state index < -0.39 is 0 Å². The molecule has 0 radical (unpaired) electrons. The number of nitrogens with zero attached hydrogens (tertiary/aromatic N) is 1. The van der Waals surface area contributed by atoms with Gasteiger partial charge in [-0.25, -0.2) is 4.39 Å². The number of nitrogens with two attached hydrogens (primary N) is 1. The zero-order valence-corrected chi connectivity index (χ0v) is 10.9. The van der Waals surface area contributed by atoms with Gasteiger partial charge in [0, 0.05) is 37.5 Å². The second-order valence-corrected chi connectivity index (χ2v) is 4.65. The van der Waals surface area contributed by atoms with E-state index in [1.807, 2.05) is 13.0 Å². The van der Waals surface area contributed by atoms with Gasteiger partial charge in [-0.1, -0.05) is 6.07 Å². The van der Waals surface area contributed by atoms with E-state index in [-0.39, 0.29) is 18.5 Å². The van der Waals surface area contributed by atoms with Crippen LogP contribution in [0.3, 0.4) is 0 Å². The first-order valence-corrected chi connectivity index (χ1v) is 6.59. The van der Waals surface area contributed by atoms with Gasteiger partial charge in [0.25, 0.3) is 0 Å². The van der Waals surface area contributed by atoms with Crippen molar-refractivity contribution in [1.82, 2.24) is 0 Å². The molecule has 1 atom stereocenters. The van der Waals surface area contributed by atoms with E-state index in [1.165, 1.54) is 0 Å². The molecule has 100 valence electrons. The first kappa shape index (κ1) is 13.3. The quantitative estimate of drug-likeness (QED) is 0.893. The first-order chi connectivity index (χ1) is 8.74. The summed E-state index contributed by atoms with van der Waals surface area (Å²) in [4.78, 5) is 2.19. The number of ether oxygens (including phenoxy) is 1. The maximum Gasteiger partial charge on any atom is 0.129 e. The minimum absolute atomic E-state index is 0.214. The molecule has 0 aliphatic carbocycles. The van der Waals surface area contributed by atoms with Crippen LogP contribution in [0.25, 0.3) is 0 Å². The molecule has 0 aromatic heterocycles. The van der Waals surface area contributed by atoms with Crippen molar-refractivity contribution in [2.75, 3.05) is 24.6 Å². The van der Waals surface area contributed by atoms with Crippen LogP contribution in [-0.2, 0) is 11.3 Å². The van der Waals surface area contributed by atoms with Gasteiger partial charge < -0.3 is 15.4 Å². The van der Waals surface area contributed by atoms with Crippen LogP contribution in [0.4, 0.5) is 10.1 Å². The van der Waals surface area contributed by atoms with Crippen LogP contribution < -0.4 is 10.6 Å².